The highest BCUT2D eigenvalue weighted by atomic mass is 19.1. The second-order valence-corrected chi connectivity index (χ2v) is 6.74. The van der Waals surface area contributed by atoms with E-state index in [9.17, 15) is 13.6 Å². The number of aromatic nitrogens is 2. The number of halogens is 2. The average molecular weight is 361 g/mol. The van der Waals surface area contributed by atoms with Gasteiger partial charge < -0.3 is 10.0 Å². The van der Waals surface area contributed by atoms with Crippen LogP contribution in [0.5, 0.6) is 0 Å². The summed E-state index contributed by atoms with van der Waals surface area (Å²) in [5, 5.41) is 9.13. The van der Waals surface area contributed by atoms with Crippen molar-refractivity contribution in [1.82, 2.24) is 9.97 Å². The van der Waals surface area contributed by atoms with Gasteiger partial charge >= 0.3 is 5.97 Å². The highest BCUT2D eigenvalue weighted by Crippen LogP contribution is 2.31. The maximum absolute atomic E-state index is 14.1. The zero-order chi connectivity index (χ0) is 18.5. The molecule has 0 unspecified atom stereocenters. The van der Waals surface area contributed by atoms with Crippen LogP contribution in [0.1, 0.15) is 31.2 Å². The highest BCUT2D eigenvalue weighted by molar-refractivity contribution is 5.70. The minimum atomic E-state index is -0.734. The number of nitrogens with zero attached hydrogens (tertiary/aromatic N) is 3. The van der Waals surface area contributed by atoms with Crippen molar-refractivity contribution >= 4 is 11.8 Å². The van der Waals surface area contributed by atoms with Crippen molar-refractivity contribution in [3.63, 3.8) is 0 Å². The molecule has 0 radical (unpaired) electrons. The Morgan fingerprint density at radius 1 is 1.19 bits per heavy atom. The molecule has 1 aliphatic carbocycles. The number of carboxylic acid groups (broad SMARTS) is 1. The summed E-state index contributed by atoms with van der Waals surface area (Å²) in [6.45, 7) is 0.880. The van der Waals surface area contributed by atoms with Gasteiger partial charge in [-0.2, -0.15) is 0 Å². The zero-order valence-electron chi connectivity index (χ0n) is 14.3. The van der Waals surface area contributed by atoms with E-state index < -0.39 is 17.6 Å². The Labute approximate surface area is 150 Å². The minimum absolute atomic E-state index is 0.254. The molecular weight excluding hydrogens is 340 g/mol. The molecule has 138 valence electrons. The van der Waals surface area contributed by atoms with Gasteiger partial charge in [0.25, 0.3) is 0 Å². The number of anilines is 1. The lowest BCUT2D eigenvalue weighted by atomic mass is 9.82. The van der Waals surface area contributed by atoms with E-state index >= 15 is 0 Å². The number of benzene rings is 1. The molecule has 26 heavy (non-hydrogen) atoms. The molecule has 0 spiro atoms. The molecule has 0 bridgehead atoms. The molecule has 0 amide bonds. The predicted molar refractivity (Wildman–Crippen MR) is 92.5 cm³/mol. The van der Waals surface area contributed by atoms with E-state index in [2.05, 4.69) is 9.97 Å². The lowest BCUT2D eigenvalue weighted by Crippen LogP contribution is -2.33. The first-order valence-electron chi connectivity index (χ1n) is 8.70. The second-order valence-electron chi connectivity index (χ2n) is 6.74. The number of carboxylic acids is 1. The Morgan fingerprint density at radius 3 is 2.58 bits per heavy atom. The number of carbonyl (C=O) groups is 1. The van der Waals surface area contributed by atoms with E-state index in [4.69, 9.17) is 5.11 Å². The summed E-state index contributed by atoms with van der Waals surface area (Å²) in [6.07, 6.45) is 7.67. The number of rotatable bonds is 6. The molecular formula is C19H21F2N3O2. The SMILES string of the molecule is O=C(O)C1CCC(CN(Cc2ccc(F)cc2F)c2cnccn2)CC1. The summed E-state index contributed by atoms with van der Waals surface area (Å²) in [5.41, 5.74) is 0.385. The van der Waals surface area contributed by atoms with Crippen molar-refractivity contribution in [1.29, 1.82) is 0 Å². The molecule has 1 aliphatic rings. The fraction of sp³-hybridized carbons (Fsp3) is 0.421. The molecule has 7 heteroatoms. The average Bonchev–Trinajstić information content (AvgIpc) is 2.64. The van der Waals surface area contributed by atoms with Crippen LogP contribution >= 0.6 is 0 Å². The lowest BCUT2D eigenvalue weighted by molar-refractivity contribution is -0.143. The van der Waals surface area contributed by atoms with Crippen molar-refractivity contribution < 1.29 is 18.7 Å². The molecule has 1 aromatic carbocycles. The summed E-state index contributed by atoms with van der Waals surface area (Å²) in [5.74, 6) is -1.28. The van der Waals surface area contributed by atoms with Gasteiger partial charge in [0.2, 0.25) is 0 Å². The van der Waals surface area contributed by atoms with Crippen LogP contribution in [0.3, 0.4) is 0 Å². The minimum Gasteiger partial charge on any atom is -0.481 e. The predicted octanol–water partition coefficient (Wildman–Crippen LogP) is 3.65. The molecule has 2 aromatic rings. The van der Waals surface area contributed by atoms with Crippen molar-refractivity contribution in [3.05, 3.63) is 54.0 Å². The highest BCUT2D eigenvalue weighted by Gasteiger charge is 2.27. The van der Waals surface area contributed by atoms with Crippen molar-refractivity contribution in [3.8, 4) is 0 Å². The van der Waals surface area contributed by atoms with E-state index in [0.29, 0.717) is 36.7 Å². The van der Waals surface area contributed by atoms with Crippen LogP contribution < -0.4 is 4.90 Å². The third-order valence-electron chi connectivity index (χ3n) is 4.92. The third-order valence-corrected chi connectivity index (χ3v) is 4.92. The van der Waals surface area contributed by atoms with Crippen LogP contribution in [0.4, 0.5) is 14.6 Å². The van der Waals surface area contributed by atoms with Gasteiger partial charge in [0, 0.05) is 37.1 Å². The number of aliphatic carboxylic acids is 1. The first-order valence-corrected chi connectivity index (χ1v) is 8.70. The molecule has 1 N–H and O–H groups in total. The standard InChI is InChI=1S/C19H21F2N3O2/c20-16-6-5-15(17(21)9-16)12-24(18-10-22-7-8-23-18)11-13-1-3-14(4-2-13)19(25)26/h5-10,13-14H,1-4,11-12H2,(H,25,26). The van der Waals surface area contributed by atoms with Gasteiger partial charge in [-0.05, 0) is 37.7 Å². The summed E-state index contributed by atoms with van der Waals surface area (Å²) in [6, 6.07) is 3.56. The van der Waals surface area contributed by atoms with E-state index in [0.717, 1.165) is 18.9 Å². The van der Waals surface area contributed by atoms with E-state index in [1.165, 1.54) is 12.1 Å². The van der Waals surface area contributed by atoms with Crippen LogP contribution in [-0.4, -0.2) is 27.6 Å². The molecule has 1 saturated carbocycles. The first-order chi connectivity index (χ1) is 12.5. The Hall–Kier alpha value is -2.57. The monoisotopic (exact) mass is 361 g/mol. The van der Waals surface area contributed by atoms with Crippen molar-refractivity contribution in [2.45, 2.75) is 32.2 Å². The third kappa shape index (κ3) is 4.53. The van der Waals surface area contributed by atoms with Gasteiger partial charge in [0.15, 0.2) is 0 Å². The Morgan fingerprint density at radius 2 is 1.96 bits per heavy atom. The maximum atomic E-state index is 14.1. The summed E-state index contributed by atoms with van der Waals surface area (Å²) in [7, 11) is 0. The van der Waals surface area contributed by atoms with Crippen LogP contribution in [-0.2, 0) is 11.3 Å². The molecule has 1 fully saturated rings. The maximum Gasteiger partial charge on any atom is 0.306 e. The summed E-state index contributed by atoms with van der Waals surface area (Å²) < 4.78 is 27.2. The Balaban J connectivity index is 1.73. The lowest BCUT2D eigenvalue weighted by Gasteiger charge is -2.32. The molecule has 5 nitrogen and oxygen atoms in total. The van der Waals surface area contributed by atoms with Crippen LogP contribution in [0.15, 0.2) is 36.8 Å². The zero-order valence-corrected chi connectivity index (χ0v) is 14.3. The second kappa shape index (κ2) is 8.21. The Kier molecular flexibility index (Phi) is 5.75. The first kappa shape index (κ1) is 18.2. The fourth-order valence-electron chi connectivity index (χ4n) is 3.45. The van der Waals surface area contributed by atoms with Gasteiger partial charge in [-0.3, -0.25) is 9.78 Å². The van der Waals surface area contributed by atoms with E-state index in [1.54, 1.807) is 18.6 Å². The summed E-state index contributed by atoms with van der Waals surface area (Å²) >= 11 is 0. The molecule has 3 rings (SSSR count). The van der Waals surface area contributed by atoms with Crippen LogP contribution in [0.2, 0.25) is 0 Å². The van der Waals surface area contributed by atoms with Gasteiger partial charge in [0.05, 0.1) is 12.1 Å². The quantitative estimate of drug-likeness (QED) is 0.851. The molecule has 0 aliphatic heterocycles. The van der Waals surface area contributed by atoms with Gasteiger partial charge in [-0.15, -0.1) is 0 Å². The van der Waals surface area contributed by atoms with Crippen molar-refractivity contribution in [2.24, 2.45) is 11.8 Å². The van der Waals surface area contributed by atoms with Gasteiger partial charge in [-0.1, -0.05) is 6.07 Å². The Bertz CT molecular complexity index is 750. The molecule has 1 heterocycles. The fourth-order valence-corrected chi connectivity index (χ4v) is 3.45. The van der Waals surface area contributed by atoms with Crippen molar-refractivity contribution in [2.75, 3.05) is 11.4 Å². The number of hydrogen-bond acceptors (Lipinski definition) is 4. The van der Waals surface area contributed by atoms with Crippen LogP contribution in [0, 0.1) is 23.5 Å². The van der Waals surface area contributed by atoms with E-state index in [-0.39, 0.29) is 12.5 Å². The molecule has 1 aromatic heterocycles. The number of hydrogen-bond donors (Lipinski definition) is 1. The largest absolute Gasteiger partial charge is 0.481 e. The topological polar surface area (TPSA) is 66.3 Å². The normalized spacial score (nSPS) is 19.9. The molecule has 0 saturated heterocycles. The molecule has 0 atom stereocenters. The van der Waals surface area contributed by atoms with Gasteiger partial charge in [-0.25, -0.2) is 13.8 Å². The van der Waals surface area contributed by atoms with Gasteiger partial charge in [0.1, 0.15) is 17.5 Å². The smallest absolute Gasteiger partial charge is 0.306 e. The van der Waals surface area contributed by atoms with E-state index in [1.807, 2.05) is 4.90 Å². The summed E-state index contributed by atoms with van der Waals surface area (Å²) in [4.78, 5) is 21.4. The van der Waals surface area contributed by atoms with Crippen LogP contribution in [0.25, 0.3) is 0 Å².